The number of nitrogens with zero attached hydrogens (tertiary/aromatic N) is 4. The van der Waals surface area contributed by atoms with Crippen molar-refractivity contribution in [3.63, 3.8) is 0 Å². The molecule has 4 rings (SSSR count). The number of aliphatic hydroxyl groups excluding tert-OH is 1. The van der Waals surface area contributed by atoms with Crippen molar-refractivity contribution < 1.29 is 14.6 Å². The molecule has 7 heteroatoms. The lowest BCUT2D eigenvalue weighted by atomic mass is 10.1. The summed E-state index contributed by atoms with van der Waals surface area (Å²) in [6, 6.07) is 11.6. The minimum Gasteiger partial charge on any atom is -0.461 e. The lowest BCUT2D eigenvalue weighted by Crippen LogP contribution is -2.36. The van der Waals surface area contributed by atoms with Crippen molar-refractivity contribution in [2.45, 2.75) is 32.8 Å². The van der Waals surface area contributed by atoms with Gasteiger partial charge in [-0.3, -0.25) is 0 Å². The third-order valence-corrected chi connectivity index (χ3v) is 5.08. The molecule has 3 aromatic rings. The molecule has 0 atom stereocenters. The van der Waals surface area contributed by atoms with Crippen LogP contribution in [0.5, 0.6) is 0 Å². The molecule has 1 aliphatic rings. The van der Waals surface area contributed by atoms with E-state index in [0.717, 1.165) is 35.5 Å². The molecular formula is C21H24N4O3. The van der Waals surface area contributed by atoms with Crippen LogP contribution >= 0.6 is 0 Å². The van der Waals surface area contributed by atoms with Crippen LogP contribution in [0.4, 0.5) is 5.69 Å². The number of aromatic nitrogens is 3. The molecule has 2 aromatic heterocycles. The van der Waals surface area contributed by atoms with Crippen LogP contribution in [0.1, 0.15) is 35.9 Å². The zero-order valence-corrected chi connectivity index (χ0v) is 16.1. The highest BCUT2D eigenvalue weighted by Crippen LogP contribution is 2.33. The first-order valence-corrected chi connectivity index (χ1v) is 9.64. The molecule has 7 nitrogen and oxygen atoms in total. The van der Waals surface area contributed by atoms with Crippen LogP contribution in [-0.2, 0) is 4.74 Å². The number of pyridine rings is 1. The molecule has 0 amide bonds. The van der Waals surface area contributed by atoms with E-state index < -0.39 is 5.97 Å². The van der Waals surface area contributed by atoms with Gasteiger partial charge in [0.2, 0.25) is 0 Å². The first-order valence-electron chi connectivity index (χ1n) is 9.64. The summed E-state index contributed by atoms with van der Waals surface area (Å²) in [5.74, 6) is -0.443. The molecule has 0 spiro atoms. The number of rotatable bonds is 4. The topological polar surface area (TPSA) is 80.5 Å². The van der Waals surface area contributed by atoms with Gasteiger partial charge in [-0.15, -0.1) is 0 Å². The number of carbonyl (C=O) groups excluding carboxylic acids is 1. The molecule has 28 heavy (non-hydrogen) atoms. The van der Waals surface area contributed by atoms with Crippen molar-refractivity contribution in [1.82, 2.24) is 14.8 Å². The molecule has 0 radical (unpaired) electrons. The highest BCUT2D eigenvalue weighted by molar-refractivity contribution is 5.98. The summed E-state index contributed by atoms with van der Waals surface area (Å²) in [4.78, 5) is 19.3. The minimum absolute atomic E-state index is 0.271. The second-order valence-corrected chi connectivity index (χ2v) is 7.00. The lowest BCUT2D eigenvalue weighted by molar-refractivity contribution is 0.0520. The number of ether oxygens (including phenoxy) is 1. The normalized spacial score (nSPS) is 15.2. The summed E-state index contributed by atoms with van der Waals surface area (Å²) in [7, 11) is 0. The Morgan fingerprint density at radius 3 is 2.64 bits per heavy atom. The van der Waals surface area contributed by atoms with Gasteiger partial charge in [0, 0.05) is 13.1 Å². The second-order valence-electron chi connectivity index (χ2n) is 7.00. The predicted molar refractivity (Wildman–Crippen MR) is 107 cm³/mol. The van der Waals surface area contributed by atoms with Crippen LogP contribution in [-0.4, -0.2) is 51.6 Å². The van der Waals surface area contributed by atoms with E-state index >= 15 is 0 Å². The number of benzene rings is 1. The number of anilines is 1. The summed E-state index contributed by atoms with van der Waals surface area (Å²) in [6.45, 7) is 5.47. The zero-order valence-electron chi connectivity index (χ0n) is 16.1. The number of hydrogen-bond donors (Lipinski definition) is 1. The monoisotopic (exact) mass is 380 g/mol. The highest BCUT2D eigenvalue weighted by Gasteiger charge is 2.25. The number of hydrogen-bond acceptors (Lipinski definition) is 6. The lowest BCUT2D eigenvalue weighted by Gasteiger charge is -2.32. The fourth-order valence-corrected chi connectivity index (χ4v) is 3.68. The fourth-order valence-electron chi connectivity index (χ4n) is 3.68. The van der Waals surface area contributed by atoms with Gasteiger partial charge in [0.1, 0.15) is 0 Å². The van der Waals surface area contributed by atoms with Gasteiger partial charge in [-0.1, -0.05) is 18.2 Å². The Bertz CT molecular complexity index is 992. The van der Waals surface area contributed by atoms with Crippen molar-refractivity contribution in [3.8, 4) is 5.69 Å². The summed E-state index contributed by atoms with van der Waals surface area (Å²) >= 11 is 0. The number of esters is 1. The molecule has 1 aromatic carbocycles. The van der Waals surface area contributed by atoms with Crippen molar-refractivity contribution in [2.24, 2.45) is 0 Å². The molecule has 1 fully saturated rings. The molecule has 1 aliphatic heterocycles. The van der Waals surface area contributed by atoms with Crippen LogP contribution in [0.15, 0.2) is 36.4 Å². The molecule has 146 valence electrons. The van der Waals surface area contributed by atoms with E-state index in [4.69, 9.17) is 9.84 Å². The van der Waals surface area contributed by atoms with Gasteiger partial charge in [0.25, 0.3) is 0 Å². The predicted octanol–water partition coefficient (Wildman–Crippen LogP) is 2.87. The summed E-state index contributed by atoms with van der Waals surface area (Å²) in [5.41, 5.74) is 3.56. The van der Waals surface area contributed by atoms with Crippen LogP contribution in [0.25, 0.3) is 16.7 Å². The first-order chi connectivity index (χ1) is 13.6. The number of aliphatic hydroxyl groups is 1. The average molecular weight is 380 g/mol. The van der Waals surface area contributed by atoms with E-state index in [1.807, 2.05) is 37.3 Å². The maximum absolute atomic E-state index is 12.5. The SMILES string of the molecule is CCOC(=O)c1cc(N2CCC(O)CC2)c2c(C)nn(-c3ccccc3)c2n1. The maximum Gasteiger partial charge on any atom is 0.357 e. The molecular weight excluding hydrogens is 356 g/mol. The number of carbonyl (C=O) groups is 1. The quantitative estimate of drug-likeness (QED) is 0.701. The van der Waals surface area contributed by atoms with Crippen molar-refractivity contribution >= 4 is 22.7 Å². The van der Waals surface area contributed by atoms with Crippen LogP contribution < -0.4 is 4.90 Å². The Morgan fingerprint density at radius 2 is 1.96 bits per heavy atom. The van der Waals surface area contributed by atoms with Gasteiger partial charge < -0.3 is 14.7 Å². The molecule has 0 unspecified atom stereocenters. The Balaban J connectivity index is 1.91. The Labute approximate surface area is 163 Å². The van der Waals surface area contributed by atoms with E-state index in [1.165, 1.54) is 0 Å². The Morgan fingerprint density at radius 1 is 1.25 bits per heavy atom. The zero-order chi connectivity index (χ0) is 19.7. The Kier molecular flexibility index (Phi) is 5.00. The molecule has 0 aliphatic carbocycles. The Hall–Kier alpha value is -2.93. The second kappa shape index (κ2) is 7.59. The number of fused-ring (bicyclic) bond motifs is 1. The largest absolute Gasteiger partial charge is 0.461 e. The minimum atomic E-state index is -0.443. The number of para-hydroxylation sites is 1. The third kappa shape index (κ3) is 3.33. The third-order valence-electron chi connectivity index (χ3n) is 5.08. The van der Waals surface area contributed by atoms with Gasteiger partial charge in [0.15, 0.2) is 11.3 Å². The molecule has 1 saturated heterocycles. The van der Waals surface area contributed by atoms with Gasteiger partial charge in [-0.05, 0) is 44.9 Å². The smallest absolute Gasteiger partial charge is 0.357 e. The van der Waals surface area contributed by atoms with Crippen LogP contribution in [0, 0.1) is 6.92 Å². The molecule has 0 saturated carbocycles. The average Bonchev–Trinajstić information content (AvgIpc) is 3.05. The number of aryl methyl sites for hydroxylation is 1. The highest BCUT2D eigenvalue weighted by atomic mass is 16.5. The standard InChI is InChI=1S/C21H24N4O3/c1-3-28-21(27)17-13-18(24-11-9-16(26)10-12-24)19-14(2)23-25(20(19)22-17)15-7-5-4-6-8-15/h4-8,13,16,26H,3,9-12H2,1-2H3. The molecule has 3 heterocycles. The first kappa shape index (κ1) is 18.4. The van der Waals surface area contributed by atoms with Gasteiger partial charge in [-0.2, -0.15) is 5.10 Å². The maximum atomic E-state index is 12.5. The summed E-state index contributed by atoms with van der Waals surface area (Å²) in [6.07, 6.45) is 1.13. The van der Waals surface area contributed by atoms with E-state index in [9.17, 15) is 9.90 Å². The fraction of sp³-hybridized carbons (Fsp3) is 0.381. The van der Waals surface area contributed by atoms with Gasteiger partial charge >= 0.3 is 5.97 Å². The van der Waals surface area contributed by atoms with Gasteiger partial charge in [-0.25, -0.2) is 14.5 Å². The van der Waals surface area contributed by atoms with Crippen molar-refractivity contribution in [1.29, 1.82) is 0 Å². The summed E-state index contributed by atoms with van der Waals surface area (Å²) < 4.78 is 6.97. The van der Waals surface area contributed by atoms with E-state index in [2.05, 4.69) is 9.88 Å². The molecule has 1 N–H and O–H groups in total. The summed E-state index contributed by atoms with van der Waals surface area (Å²) in [5, 5.41) is 15.5. The van der Waals surface area contributed by atoms with E-state index in [0.29, 0.717) is 25.1 Å². The van der Waals surface area contributed by atoms with Crippen molar-refractivity contribution in [3.05, 3.63) is 47.8 Å². The molecule has 0 bridgehead atoms. The number of piperidine rings is 1. The van der Waals surface area contributed by atoms with E-state index in [-0.39, 0.29) is 11.8 Å². The van der Waals surface area contributed by atoms with Crippen LogP contribution in [0.2, 0.25) is 0 Å². The van der Waals surface area contributed by atoms with Crippen molar-refractivity contribution in [2.75, 3.05) is 24.6 Å². The van der Waals surface area contributed by atoms with Crippen LogP contribution in [0.3, 0.4) is 0 Å². The van der Waals surface area contributed by atoms with Gasteiger partial charge in [0.05, 0.1) is 35.2 Å². The van der Waals surface area contributed by atoms with E-state index in [1.54, 1.807) is 17.7 Å².